The van der Waals surface area contributed by atoms with Crippen molar-refractivity contribution in [3.8, 4) is 0 Å². The van der Waals surface area contributed by atoms with Crippen molar-refractivity contribution in [2.75, 3.05) is 24.2 Å². The number of halogens is 3. The molecule has 0 spiro atoms. The van der Waals surface area contributed by atoms with Crippen molar-refractivity contribution in [2.45, 2.75) is 6.18 Å². The monoisotopic (exact) mass is 365 g/mol. The third-order valence-corrected chi connectivity index (χ3v) is 3.56. The molecule has 0 unspecified atom stereocenters. The number of benzene rings is 1. The van der Waals surface area contributed by atoms with Crippen LogP contribution in [0.25, 0.3) is 11.0 Å². The highest BCUT2D eigenvalue weighted by molar-refractivity contribution is 5.94. The van der Waals surface area contributed by atoms with Gasteiger partial charge in [0.2, 0.25) is 11.5 Å². The van der Waals surface area contributed by atoms with Crippen molar-refractivity contribution in [3.63, 3.8) is 0 Å². The highest BCUT2D eigenvalue weighted by Crippen LogP contribution is 2.22. The lowest BCUT2D eigenvalue weighted by Crippen LogP contribution is -2.26. The maximum absolute atomic E-state index is 12.5. The molecule has 2 heterocycles. The van der Waals surface area contributed by atoms with Gasteiger partial charge in [-0.25, -0.2) is 4.98 Å². The summed E-state index contributed by atoms with van der Waals surface area (Å²) in [6.07, 6.45) is -2.75. The van der Waals surface area contributed by atoms with Gasteiger partial charge in [-0.3, -0.25) is 10.1 Å². The minimum Gasteiger partial charge on any atom is -0.355 e. The van der Waals surface area contributed by atoms with E-state index in [1.54, 1.807) is 36.5 Å². The Morgan fingerprint density at radius 1 is 1.23 bits per heavy atom. The molecule has 26 heavy (non-hydrogen) atoms. The van der Waals surface area contributed by atoms with E-state index >= 15 is 0 Å². The smallest absolute Gasteiger partial charge is 0.355 e. The Hall–Kier alpha value is -3.30. The first-order chi connectivity index (χ1) is 12.4. The fourth-order valence-corrected chi connectivity index (χ4v) is 2.35. The van der Waals surface area contributed by atoms with Crippen LogP contribution in [0.1, 0.15) is 10.4 Å². The third kappa shape index (κ3) is 4.02. The van der Waals surface area contributed by atoms with Gasteiger partial charge in [-0.05, 0) is 30.3 Å². The largest absolute Gasteiger partial charge is 0.415 e. The Balaban J connectivity index is 1.84. The van der Waals surface area contributed by atoms with E-state index in [1.807, 2.05) is 0 Å². The Labute approximate surface area is 146 Å². The number of H-pyrrole nitrogens is 2. The average molecular weight is 365 g/mol. The normalized spacial score (nSPS) is 11.4. The molecule has 3 aromatic rings. The number of aromatic amines is 2. The van der Waals surface area contributed by atoms with Crippen molar-refractivity contribution < 1.29 is 22.9 Å². The van der Waals surface area contributed by atoms with Crippen LogP contribution in [0.3, 0.4) is 0 Å². The van der Waals surface area contributed by atoms with E-state index in [4.69, 9.17) is 0 Å². The number of amides is 1. The van der Waals surface area contributed by atoms with Gasteiger partial charge in [-0.1, -0.05) is 4.98 Å². The zero-order chi connectivity index (χ0) is 18.7. The molecule has 0 bridgehead atoms. The van der Waals surface area contributed by atoms with Crippen molar-refractivity contribution in [2.24, 2.45) is 0 Å². The Morgan fingerprint density at radius 3 is 2.62 bits per heavy atom. The Kier molecular flexibility index (Phi) is 4.65. The van der Waals surface area contributed by atoms with Gasteiger partial charge in [0.15, 0.2) is 0 Å². The van der Waals surface area contributed by atoms with Crippen LogP contribution in [0.2, 0.25) is 0 Å². The predicted molar refractivity (Wildman–Crippen MR) is 90.3 cm³/mol. The van der Waals surface area contributed by atoms with Gasteiger partial charge in [0.25, 0.3) is 5.91 Å². The van der Waals surface area contributed by atoms with E-state index < -0.39 is 12.7 Å². The number of rotatable bonds is 5. The molecular formula is C16H16F3N6O+. The summed E-state index contributed by atoms with van der Waals surface area (Å²) in [4.78, 5) is 21.5. The molecule has 1 amide bonds. The highest BCUT2D eigenvalue weighted by Gasteiger charge is 2.29. The quantitative estimate of drug-likeness (QED) is 0.558. The topological polar surface area (TPSA) is 96.0 Å². The van der Waals surface area contributed by atoms with Crippen LogP contribution >= 0.6 is 0 Å². The summed E-state index contributed by atoms with van der Waals surface area (Å²) in [7, 11) is 1.54. The summed E-state index contributed by atoms with van der Waals surface area (Å²) in [5, 5.41) is 8.33. The van der Waals surface area contributed by atoms with Crippen LogP contribution in [0.15, 0.2) is 36.5 Å². The standard InChI is InChI=1S/C16H15F3N6O/c1-20-14(26)9-2-4-10(5-3-9)23-15-24-12-11(6-7-21-12)13(25-15)22-8-16(17,18)19/h2-7H,8H2,1H3,(H,20,26)(H3,21,22,23,24,25)/p+1. The molecule has 0 atom stereocenters. The van der Waals surface area contributed by atoms with Gasteiger partial charge in [-0.15, -0.1) is 0 Å². The molecular weight excluding hydrogens is 349 g/mol. The summed E-state index contributed by atoms with van der Waals surface area (Å²) < 4.78 is 37.5. The van der Waals surface area contributed by atoms with Gasteiger partial charge < -0.3 is 15.6 Å². The summed E-state index contributed by atoms with van der Waals surface area (Å²) in [5.41, 5.74) is 1.54. The molecule has 1 aromatic carbocycles. The van der Waals surface area contributed by atoms with E-state index in [2.05, 4.69) is 30.9 Å². The first-order valence-corrected chi connectivity index (χ1v) is 7.66. The molecule has 3 rings (SSSR count). The Bertz CT molecular complexity index is 920. The molecule has 0 saturated carbocycles. The summed E-state index contributed by atoms with van der Waals surface area (Å²) in [6.45, 7) is -1.17. The SMILES string of the molecule is CNC(=O)c1ccc(Nc2nc3[nH]ccc3c(NCC(F)(F)F)[nH+]2)cc1. The summed E-state index contributed by atoms with van der Waals surface area (Å²) in [6, 6.07) is 8.21. The summed E-state index contributed by atoms with van der Waals surface area (Å²) >= 11 is 0. The molecule has 7 nitrogen and oxygen atoms in total. The first-order valence-electron chi connectivity index (χ1n) is 7.66. The van der Waals surface area contributed by atoms with Crippen LogP contribution in [0.5, 0.6) is 0 Å². The predicted octanol–water partition coefficient (Wildman–Crippen LogP) is 2.45. The van der Waals surface area contributed by atoms with Crippen molar-refractivity contribution >= 4 is 34.4 Å². The van der Waals surface area contributed by atoms with E-state index in [9.17, 15) is 18.0 Å². The van der Waals surface area contributed by atoms with Gasteiger partial charge in [0, 0.05) is 18.8 Å². The molecule has 0 fully saturated rings. The first kappa shape index (κ1) is 17.5. The molecule has 0 aliphatic rings. The number of hydrogen-bond donors (Lipinski definition) is 4. The lowest BCUT2D eigenvalue weighted by atomic mass is 10.2. The van der Waals surface area contributed by atoms with E-state index in [0.29, 0.717) is 22.3 Å². The average Bonchev–Trinajstić information content (AvgIpc) is 3.07. The molecule has 2 aromatic heterocycles. The van der Waals surface area contributed by atoms with E-state index in [-0.39, 0.29) is 17.7 Å². The Morgan fingerprint density at radius 2 is 1.96 bits per heavy atom. The number of anilines is 3. The zero-order valence-corrected chi connectivity index (χ0v) is 13.7. The molecule has 0 saturated heterocycles. The fraction of sp³-hybridized carbons (Fsp3) is 0.188. The number of carbonyl (C=O) groups excluding carboxylic acids is 1. The molecule has 0 aliphatic heterocycles. The number of aromatic nitrogens is 3. The molecule has 5 N–H and O–H groups in total. The number of alkyl halides is 3. The van der Waals surface area contributed by atoms with Gasteiger partial charge in [0.05, 0.1) is 11.1 Å². The zero-order valence-electron chi connectivity index (χ0n) is 13.7. The van der Waals surface area contributed by atoms with E-state index in [1.165, 1.54) is 7.05 Å². The fourth-order valence-electron chi connectivity index (χ4n) is 2.35. The lowest BCUT2D eigenvalue weighted by molar-refractivity contribution is -0.346. The van der Waals surface area contributed by atoms with Crippen molar-refractivity contribution in [3.05, 3.63) is 42.1 Å². The number of fused-ring (bicyclic) bond motifs is 1. The second kappa shape index (κ2) is 6.90. The number of hydrogen-bond acceptors (Lipinski definition) is 4. The minimum absolute atomic E-state index is 0.193. The van der Waals surface area contributed by atoms with Gasteiger partial charge in [-0.2, -0.15) is 13.2 Å². The molecule has 10 heteroatoms. The highest BCUT2D eigenvalue weighted by atomic mass is 19.4. The molecule has 0 radical (unpaired) electrons. The maximum Gasteiger partial charge on any atom is 0.415 e. The van der Waals surface area contributed by atoms with Gasteiger partial charge >= 0.3 is 12.1 Å². The van der Waals surface area contributed by atoms with Gasteiger partial charge in [0.1, 0.15) is 6.54 Å². The summed E-state index contributed by atoms with van der Waals surface area (Å²) in [5.74, 6) is 0.225. The number of carbonyl (C=O) groups is 1. The van der Waals surface area contributed by atoms with Crippen molar-refractivity contribution in [1.29, 1.82) is 0 Å². The van der Waals surface area contributed by atoms with Crippen LogP contribution in [-0.4, -0.2) is 35.6 Å². The molecule has 0 aliphatic carbocycles. The minimum atomic E-state index is -4.34. The second-order valence-corrected chi connectivity index (χ2v) is 5.45. The number of nitrogens with zero attached hydrogens (tertiary/aromatic N) is 1. The second-order valence-electron chi connectivity index (χ2n) is 5.45. The van der Waals surface area contributed by atoms with Crippen molar-refractivity contribution in [1.82, 2.24) is 15.3 Å². The lowest BCUT2D eigenvalue weighted by Gasteiger charge is -2.08. The third-order valence-electron chi connectivity index (χ3n) is 3.56. The maximum atomic E-state index is 12.5. The van der Waals surface area contributed by atoms with E-state index in [0.717, 1.165) is 0 Å². The van der Waals surface area contributed by atoms with Crippen LogP contribution in [0, 0.1) is 0 Å². The number of nitrogens with one attached hydrogen (secondary N) is 5. The van der Waals surface area contributed by atoms with Crippen LogP contribution in [-0.2, 0) is 0 Å². The van der Waals surface area contributed by atoms with Crippen LogP contribution in [0.4, 0.5) is 30.6 Å². The molecule has 136 valence electrons. The van der Waals surface area contributed by atoms with Crippen LogP contribution < -0.4 is 20.9 Å².